The molecule has 0 aromatic heterocycles. The number of rotatable bonds is 3. The summed E-state index contributed by atoms with van der Waals surface area (Å²) in [5.74, 6) is 0. The Labute approximate surface area is 200 Å². The van der Waals surface area contributed by atoms with Gasteiger partial charge in [0.05, 0.1) is 0 Å². The normalized spacial score (nSPS) is 12.7. The molecule has 0 aliphatic heterocycles. The Bertz CT molecular complexity index is 1570. The van der Waals surface area contributed by atoms with Crippen molar-refractivity contribution in [2.75, 3.05) is 5.73 Å². The Kier molecular flexibility index (Phi) is 4.25. The van der Waals surface area contributed by atoms with Gasteiger partial charge in [-0.25, -0.2) is 0 Å². The molecule has 0 saturated heterocycles. The summed E-state index contributed by atoms with van der Waals surface area (Å²) in [5.41, 5.74) is 23.7. The Morgan fingerprint density at radius 2 is 1.09 bits per heavy atom. The molecule has 0 spiro atoms. The SMILES string of the molecule is Nc1c(Cc2ccc(-c3cccc4c3Cc3ccccc3-4)cc2)ccc2c1Cc1ccccc1-2. The molecule has 0 unspecified atom stereocenters. The van der Waals surface area contributed by atoms with Gasteiger partial charge in [0.2, 0.25) is 0 Å². The van der Waals surface area contributed by atoms with Crippen molar-refractivity contribution >= 4 is 5.69 Å². The highest BCUT2D eigenvalue weighted by Gasteiger charge is 2.22. The predicted octanol–water partition coefficient (Wildman–Crippen LogP) is 7.67. The smallest absolute Gasteiger partial charge is 0.0392 e. The van der Waals surface area contributed by atoms with Gasteiger partial charge in [0, 0.05) is 12.1 Å². The van der Waals surface area contributed by atoms with E-state index in [1.807, 2.05) is 0 Å². The van der Waals surface area contributed by atoms with Crippen LogP contribution >= 0.6 is 0 Å². The number of benzene rings is 5. The molecule has 0 bridgehead atoms. The first-order chi connectivity index (χ1) is 16.8. The van der Waals surface area contributed by atoms with Gasteiger partial charge in [-0.3, -0.25) is 0 Å². The standard InChI is InChI=1S/C33H25N/c34-33-25(16-17-30-28-9-4-2-7-24(28)20-32(30)33)18-21-12-14-22(15-13-21)26-10-5-11-29-27-8-3-1-6-23(27)19-31(26)29/h1-17H,18-20,34H2. The number of anilines is 1. The van der Waals surface area contributed by atoms with Crippen molar-refractivity contribution in [1.82, 2.24) is 0 Å². The van der Waals surface area contributed by atoms with Gasteiger partial charge >= 0.3 is 0 Å². The Hall–Kier alpha value is -4.10. The first-order valence-corrected chi connectivity index (χ1v) is 12.0. The zero-order valence-corrected chi connectivity index (χ0v) is 19.0. The highest BCUT2D eigenvalue weighted by Crippen LogP contribution is 2.42. The van der Waals surface area contributed by atoms with Crippen molar-refractivity contribution in [3.05, 3.63) is 137 Å². The maximum absolute atomic E-state index is 6.69. The first kappa shape index (κ1) is 19.4. The monoisotopic (exact) mass is 435 g/mol. The molecular formula is C33H25N. The van der Waals surface area contributed by atoms with Crippen LogP contribution in [0.2, 0.25) is 0 Å². The van der Waals surface area contributed by atoms with Gasteiger partial charge in [-0.15, -0.1) is 0 Å². The molecule has 34 heavy (non-hydrogen) atoms. The van der Waals surface area contributed by atoms with Crippen LogP contribution in [0.4, 0.5) is 5.69 Å². The van der Waals surface area contributed by atoms with Crippen molar-refractivity contribution in [2.45, 2.75) is 19.3 Å². The van der Waals surface area contributed by atoms with E-state index < -0.39 is 0 Å². The summed E-state index contributed by atoms with van der Waals surface area (Å²) in [5, 5.41) is 0. The van der Waals surface area contributed by atoms with Crippen LogP contribution in [-0.2, 0) is 19.3 Å². The third-order valence-electron chi connectivity index (χ3n) is 7.63. The minimum absolute atomic E-state index is 0.855. The van der Waals surface area contributed by atoms with E-state index in [2.05, 4.69) is 103 Å². The van der Waals surface area contributed by atoms with E-state index in [1.165, 1.54) is 66.8 Å². The predicted molar refractivity (Wildman–Crippen MR) is 142 cm³/mol. The molecule has 2 aliphatic rings. The molecule has 5 aromatic rings. The zero-order chi connectivity index (χ0) is 22.6. The average Bonchev–Trinajstić information content (AvgIpc) is 3.45. The molecule has 0 fully saturated rings. The molecular weight excluding hydrogens is 410 g/mol. The second kappa shape index (κ2) is 7.46. The minimum Gasteiger partial charge on any atom is -0.398 e. The van der Waals surface area contributed by atoms with E-state index in [0.717, 1.165) is 24.9 Å². The maximum Gasteiger partial charge on any atom is 0.0392 e. The molecule has 5 aromatic carbocycles. The molecule has 0 atom stereocenters. The van der Waals surface area contributed by atoms with Crippen molar-refractivity contribution < 1.29 is 0 Å². The topological polar surface area (TPSA) is 26.0 Å². The molecule has 0 saturated carbocycles. The van der Waals surface area contributed by atoms with Crippen molar-refractivity contribution in [3.8, 4) is 33.4 Å². The molecule has 0 amide bonds. The highest BCUT2D eigenvalue weighted by atomic mass is 14.6. The average molecular weight is 436 g/mol. The lowest BCUT2D eigenvalue weighted by Crippen LogP contribution is -2.00. The molecule has 2 aliphatic carbocycles. The van der Waals surface area contributed by atoms with E-state index in [1.54, 1.807) is 0 Å². The largest absolute Gasteiger partial charge is 0.398 e. The first-order valence-electron chi connectivity index (χ1n) is 12.0. The van der Waals surface area contributed by atoms with E-state index in [-0.39, 0.29) is 0 Å². The summed E-state index contributed by atoms with van der Waals surface area (Å²) in [6.45, 7) is 0. The van der Waals surface area contributed by atoms with Gasteiger partial charge in [-0.05, 0) is 79.6 Å². The molecule has 162 valence electrons. The minimum atomic E-state index is 0.855. The van der Waals surface area contributed by atoms with Crippen LogP contribution in [-0.4, -0.2) is 0 Å². The van der Waals surface area contributed by atoms with Crippen molar-refractivity contribution in [1.29, 1.82) is 0 Å². The molecule has 7 rings (SSSR count). The Morgan fingerprint density at radius 1 is 0.500 bits per heavy atom. The van der Waals surface area contributed by atoms with E-state index in [9.17, 15) is 0 Å². The fourth-order valence-corrected chi connectivity index (χ4v) is 5.89. The lowest BCUT2D eigenvalue weighted by molar-refractivity contribution is 1.17. The van der Waals surface area contributed by atoms with Crippen LogP contribution < -0.4 is 5.73 Å². The Morgan fingerprint density at radius 3 is 1.82 bits per heavy atom. The summed E-state index contributed by atoms with van der Waals surface area (Å²) in [6.07, 6.45) is 2.80. The van der Waals surface area contributed by atoms with Gasteiger partial charge in [-0.1, -0.05) is 103 Å². The third kappa shape index (κ3) is 2.94. The fraction of sp³-hybridized carbons (Fsp3) is 0.0909. The second-order valence-electron chi connectivity index (χ2n) is 9.54. The molecule has 2 N–H and O–H groups in total. The number of fused-ring (bicyclic) bond motifs is 6. The number of hydrogen-bond donors (Lipinski definition) is 1. The lowest BCUT2D eigenvalue weighted by Gasteiger charge is -2.13. The van der Waals surface area contributed by atoms with Crippen molar-refractivity contribution in [2.24, 2.45) is 0 Å². The van der Waals surface area contributed by atoms with Gasteiger partial charge in [0.1, 0.15) is 0 Å². The Balaban J connectivity index is 1.18. The van der Waals surface area contributed by atoms with Crippen LogP contribution in [0.15, 0.2) is 103 Å². The van der Waals surface area contributed by atoms with Crippen LogP contribution in [0, 0.1) is 0 Å². The molecule has 1 nitrogen and oxygen atoms in total. The number of hydrogen-bond acceptors (Lipinski definition) is 1. The summed E-state index contributed by atoms with van der Waals surface area (Å²) in [6, 6.07) is 37.7. The van der Waals surface area contributed by atoms with Gasteiger partial charge < -0.3 is 5.73 Å². The van der Waals surface area contributed by atoms with Gasteiger partial charge in [-0.2, -0.15) is 0 Å². The third-order valence-corrected chi connectivity index (χ3v) is 7.63. The summed E-state index contributed by atoms with van der Waals surface area (Å²) >= 11 is 0. The highest BCUT2D eigenvalue weighted by molar-refractivity contribution is 5.85. The molecule has 0 radical (unpaired) electrons. The van der Waals surface area contributed by atoms with Crippen molar-refractivity contribution in [3.63, 3.8) is 0 Å². The lowest BCUT2D eigenvalue weighted by atomic mass is 9.93. The summed E-state index contributed by atoms with van der Waals surface area (Å²) in [4.78, 5) is 0. The van der Waals surface area contributed by atoms with E-state index in [0.29, 0.717) is 0 Å². The van der Waals surface area contributed by atoms with E-state index >= 15 is 0 Å². The molecule has 1 heteroatoms. The van der Waals surface area contributed by atoms with Gasteiger partial charge in [0.25, 0.3) is 0 Å². The number of nitrogens with two attached hydrogens (primary N) is 1. The quantitative estimate of drug-likeness (QED) is 0.283. The van der Waals surface area contributed by atoms with Crippen LogP contribution in [0.1, 0.15) is 33.4 Å². The van der Waals surface area contributed by atoms with Crippen LogP contribution in [0.25, 0.3) is 33.4 Å². The summed E-state index contributed by atoms with van der Waals surface area (Å²) < 4.78 is 0. The number of nitrogen functional groups attached to an aromatic ring is 1. The van der Waals surface area contributed by atoms with Crippen LogP contribution in [0.3, 0.4) is 0 Å². The van der Waals surface area contributed by atoms with Gasteiger partial charge in [0.15, 0.2) is 0 Å². The second-order valence-corrected chi connectivity index (χ2v) is 9.54. The molecule has 0 heterocycles. The fourth-order valence-electron chi connectivity index (χ4n) is 5.89. The van der Waals surface area contributed by atoms with E-state index in [4.69, 9.17) is 5.73 Å². The van der Waals surface area contributed by atoms with Crippen LogP contribution in [0.5, 0.6) is 0 Å². The zero-order valence-electron chi connectivity index (χ0n) is 19.0. The summed E-state index contributed by atoms with van der Waals surface area (Å²) in [7, 11) is 0. The maximum atomic E-state index is 6.69.